The van der Waals surface area contributed by atoms with E-state index in [9.17, 15) is 9.59 Å². The predicted molar refractivity (Wildman–Crippen MR) is 120 cm³/mol. The largest absolute Gasteiger partial charge is 0.341 e. The Labute approximate surface area is 183 Å². The van der Waals surface area contributed by atoms with Crippen LogP contribution in [0.3, 0.4) is 0 Å². The van der Waals surface area contributed by atoms with E-state index in [4.69, 9.17) is 5.26 Å². The van der Waals surface area contributed by atoms with Crippen molar-refractivity contribution >= 4 is 27.7 Å². The van der Waals surface area contributed by atoms with Gasteiger partial charge in [0, 0.05) is 16.5 Å². The highest BCUT2D eigenvalue weighted by molar-refractivity contribution is 9.10. The molecule has 0 heterocycles. The second kappa shape index (κ2) is 10.4. The molecule has 150 valence electrons. The van der Waals surface area contributed by atoms with Crippen molar-refractivity contribution in [1.82, 2.24) is 10.6 Å². The third-order valence-corrected chi connectivity index (χ3v) is 5.04. The van der Waals surface area contributed by atoms with E-state index in [1.54, 1.807) is 12.1 Å². The molecule has 1 unspecified atom stereocenters. The lowest BCUT2D eigenvalue weighted by Crippen LogP contribution is -2.48. The maximum atomic E-state index is 12.8. The van der Waals surface area contributed by atoms with Crippen molar-refractivity contribution in [2.75, 3.05) is 6.54 Å². The zero-order valence-corrected chi connectivity index (χ0v) is 17.7. The first-order chi connectivity index (χ1) is 14.6. The standard InChI is InChI=1S/C24H20BrN3O2/c25-21-8-4-5-17(15-21)16-22(24(30)27-14-13-26)28-23(29)20-11-9-19(10-12-20)18-6-2-1-3-7-18/h1-12,15,22H,14,16H2,(H,27,30)(H,28,29). The Bertz CT molecular complexity index is 1060. The van der Waals surface area contributed by atoms with Gasteiger partial charge in [0.1, 0.15) is 12.6 Å². The molecule has 3 aromatic rings. The van der Waals surface area contributed by atoms with E-state index in [-0.39, 0.29) is 12.5 Å². The second-order valence-electron chi connectivity index (χ2n) is 6.68. The number of carbonyl (C=O) groups is 2. The lowest BCUT2D eigenvalue weighted by atomic mass is 10.0. The first-order valence-corrected chi connectivity index (χ1v) is 10.2. The number of rotatable bonds is 7. The highest BCUT2D eigenvalue weighted by Crippen LogP contribution is 2.19. The molecule has 0 spiro atoms. The van der Waals surface area contributed by atoms with Gasteiger partial charge in [-0.1, -0.05) is 70.5 Å². The molecule has 3 rings (SSSR count). The predicted octanol–water partition coefficient (Wildman–Crippen LogP) is 4.10. The molecule has 2 amide bonds. The fourth-order valence-electron chi connectivity index (χ4n) is 3.04. The summed E-state index contributed by atoms with van der Waals surface area (Å²) >= 11 is 3.41. The van der Waals surface area contributed by atoms with Gasteiger partial charge in [-0.15, -0.1) is 0 Å². The average molecular weight is 462 g/mol. The quantitative estimate of drug-likeness (QED) is 0.519. The number of carbonyl (C=O) groups excluding carboxylic acids is 2. The first-order valence-electron chi connectivity index (χ1n) is 9.42. The fourth-order valence-corrected chi connectivity index (χ4v) is 3.49. The number of hydrogen-bond donors (Lipinski definition) is 2. The van der Waals surface area contributed by atoms with Crippen LogP contribution < -0.4 is 10.6 Å². The summed E-state index contributed by atoms with van der Waals surface area (Å²) in [6.07, 6.45) is 0.310. The first kappa shape index (κ1) is 21.3. The SMILES string of the molecule is N#CCNC(=O)C(Cc1cccc(Br)c1)NC(=O)c1ccc(-c2ccccc2)cc1. The Morgan fingerprint density at radius 2 is 1.63 bits per heavy atom. The summed E-state index contributed by atoms with van der Waals surface area (Å²) < 4.78 is 0.888. The van der Waals surface area contributed by atoms with Crippen LogP contribution in [-0.2, 0) is 11.2 Å². The van der Waals surface area contributed by atoms with Crippen LogP contribution in [0.2, 0.25) is 0 Å². The second-order valence-corrected chi connectivity index (χ2v) is 7.60. The van der Waals surface area contributed by atoms with Crippen molar-refractivity contribution < 1.29 is 9.59 Å². The van der Waals surface area contributed by atoms with Crippen molar-refractivity contribution in [3.63, 3.8) is 0 Å². The summed E-state index contributed by atoms with van der Waals surface area (Å²) in [5.41, 5.74) is 3.42. The van der Waals surface area contributed by atoms with Gasteiger partial charge >= 0.3 is 0 Å². The van der Waals surface area contributed by atoms with E-state index in [0.29, 0.717) is 12.0 Å². The van der Waals surface area contributed by atoms with Gasteiger partial charge < -0.3 is 10.6 Å². The van der Waals surface area contributed by atoms with Crippen LogP contribution in [0.15, 0.2) is 83.3 Å². The van der Waals surface area contributed by atoms with Crippen molar-refractivity contribution in [3.8, 4) is 17.2 Å². The van der Waals surface area contributed by atoms with Gasteiger partial charge in [-0.05, 0) is 41.0 Å². The molecule has 0 fully saturated rings. The normalized spacial score (nSPS) is 11.2. The van der Waals surface area contributed by atoms with Gasteiger partial charge in [0.05, 0.1) is 6.07 Å². The summed E-state index contributed by atoms with van der Waals surface area (Å²) in [5.74, 6) is -0.743. The zero-order valence-electron chi connectivity index (χ0n) is 16.1. The molecular weight excluding hydrogens is 442 g/mol. The number of benzene rings is 3. The molecule has 0 radical (unpaired) electrons. The minimum absolute atomic E-state index is 0.116. The summed E-state index contributed by atoms with van der Waals surface area (Å²) in [4.78, 5) is 25.3. The molecule has 5 nitrogen and oxygen atoms in total. The third-order valence-electron chi connectivity index (χ3n) is 4.55. The smallest absolute Gasteiger partial charge is 0.251 e. The average Bonchev–Trinajstić information content (AvgIpc) is 2.77. The monoisotopic (exact) mass is 461 g/mol. The molecule has 0 aliphatic rings. The molecule has 6 heteroatoms. The molecule has 0 saturated carbocycles. The molecule has 1 atom stereocenters. The summed E-state index contributed by atoms with van der Waals surface area (Å²) in [6, 6.07) is 25.7. The Balaban J connectivity index is 1.75. The van der Waals surface area contributed by atoms with Gasteiger partial charge in [0.25, 0.3) is 5.91 Å². The molecule has 3 aromatic carbocycles. The summed E-state index contributed by atoms with van der Waals surface area (Å²) in [5, 5.41) is 14.1. The van der Waals surface area contributed by atoms with Gasteiger partial charge in [0.15, 0.2) is 0 Å². The Morgan fingerprint density at radius 1 is 0.933 bits per heavy atom. The van der Waals surface area contributed by atoms with Crippen LogP contribution >= 0.6 is 15.9 Å². The molecule has 2 N–H and O–H groups in total. The maximum Gasteiger partial charge on any atom is 0.251 e. The number of amides is 2. The van der Waals surface area contributed by atoms with Gasteiger partial charge in [-0.25, -0.2) is 0 Å². The molecule has 0 bridgehead atoms. The van der Waals surface area contributed by atoms with Crippen LogP contribution in [0, 0.1) is 11.3 Å². The Hall–Kier alpha value is -3.43. The van der Waals surface area contributed by atoms with Crippen LogP contribution in [0.5, 0.6) is 0 Å². The molecule has 0 aliphatic carbocycles. The van der Waals surface area contributed by atoms with E-state index in [0.717, 1.165) is 21.2 Å². The van der Waals surface area contributed by atoms with E-state index in [1.165, 1.54) is 0 Å². The van der Waals surface area contributed by atoms with Crippen LogP contribution in [0.1, 0.15) is 15.9 Å². The van der Waals surface area contributed by atoms with Crippen molar-refractivity contribution in [3.05, 3.63) is 94.5 Å². The van der Waals surface area contributed by atoms with E-state index in [1.807, 2.05) is 72.8 Å². The minimum atomic E-state index is -0.797. The van der Waals surface area contributed by atoms with Gasteiger partial charge in [-0.2, -0.15) is 5.26 Å². The van der Waals surface area contributed by atoms with Gasteiger partial charge in [-0.3, -0.25) is 9.59 Å². The lowest BCUT2D eigenvalue weighted by Gasteiger charge is -2.18. The molecule has 0 saturated heterocycles. The molecule has 0 aliphatic heterocycles. The summed E-state index contributed by atoms with van der Waals surface area (Å²) in [6.45, 7) is -0.116. The Kier molecular flexibility index (Phi) is 7.36. The van der Waals surface area contributed by atoms with Crippen LogP contribution in [0.4, 0.5) is 0 Å². The van der Waals surface area contributed by atoms with E-state index in [2.05, 4.69) is 26.6 Å². The van der Waals surface area contributed by atoms with Gasteiger partial charge in [0.2, 0.25) is 5.91 Å². The Morgan fingerprint density at radius 3 is 2.30 bits per heavy atom. The molecule has 30 heavy (non-hydrogen) atoms. The van der Waals surface area contributed by atoms with Crippen molar-refractivity contribution in [1.29, 1.82) is 5.26 Å². The minimum Gasteiger partial charge on any atom is -0.341 e. The number of nitrogens with zero attached hydrogens (tertiary/aromatic N) is 1. The number of nitriles is 1. The zero-order chi connectivity index (χ0) is 21.3. The fraction of sp³-hybridized carbons (Fsp3) is 0.125. The third kappa shape index (κ3) is 5.79. The summed E-state index contributed by atoms with van der Waals surface area (Å²) in [7, 11) is 0. The highest BCUT2D eigenvalue weighted by atomic mass is 79.9. The van der Waals surface area contributed by atoms with E-state index < -0.39 is 11.9 Å². The molecular formula is C24H20BrN3O2. The number of nitrogens with one attached hydrogen (secondary N) is 2. The van der Waals surface area contributed by atoms with Crippen molar-refractivity contribution in [2.24, 2.45) is 0 Å². The highest BCUT2D eigenvalue weighted by Gasteiger charge is 2.22. The van der Waals surface area contributed by atoms with Crippen LogP contribution in [0.25, 0.3) is 11.1 Å². The topological polar surface area (TPSA) is 82.0 Å². The lowest BCUT2D eigenvalue weighted by molar-refractivity contribution is -0.122. The van der Waals surface area contributed by atoms with Crippen LogP contribution in [-0.4, -0.2) is 24.4 Å². The molecule has 0 aromatic heterocycles. The maximum absolute atomic E-state index is 12.8. The van der Waals surface area contributed by atoms with E-state index >= 15 is 0 Å². The van der Waals surface area contributed by atoms with Crippen molar-refractivity contribution in [2.45, 2.75) is 12.5 Å². The number of hydrogen-bond acceptors (Lipinski definition) is 3. The number of halogens is 1.